The first-order valence-electron chi connectivity index (χ1n) is 4.14. The highest BCUT2D eigenvalue weighted by Crippen LogP contribution is 2.25. The van der Waals surface area contributed by atoms with Crippen LogP contribution in [0.5, 0.6) is 0 Å². The molecule has 0 saturated carbocycles. The Kier molecular flexibility index (Phi) is 1.77. The molecule has 0 atom stereocenters. The van der Waals surface area contributed by atoms with Crippen molar-refractivity contribution in [3.8, 4) is 0 Å². The number of nitrogen functional groups attached to an aromatic ring is 1. The van der Waals surface area contributed by atoms with Gasteiger partial charge in [0, 0.05) is 29.7 Å². The maximum absolute atomic E-state index is 5.74. The van der Waals surface area contributed by atoms with Crippen molar-refractivity contribution in [3.63, 3.8) is 0 Å². The molecule has 2 aromatic rings. The second kappa shape index (κ2) is 2.94. The van der Waals surface area contributed by atoms with Crippen LogP contribution in [0.4, 0.5) is 11.5 Å². The lowest BCUT2D eigenvalue weighted by Crippen LogP contribution is -1.94. The molecule has 0 bridgehead atoms. The zero-order valence-electron chi connectivity index (χ0n) is 7.41. The normalized spacial score (nSPS) is 10.2. The van der Waals surface area contributed by atoms with Crippen molar-refractivity contribution in [1.29, 1.82) is 0 Å². The second-order valence-electron chi connectivity index (χ2n) is 2.85. The van der Waals surface area contributed by atoms with E-state index in [0.717, 1.165) is 16.5 Å². The van der Waals surface area contributed by atoms with Gasteiger partial charge in [-0.15, -0.1) is 0 Å². The number of aromatic nitrogens is 1. The fraction of sp³-hybridized carbons (Fsp3) is 0.100. The van der Waals surface area contributed by atoms with E-state index >= 15 is 0 Å². The zero-order chi connectivity index (χ0) is 9.26. The van der Waals surface area contributed by atoms with Crippen LogP contribution in [0.2, 0.25) is 0 Å². The van der Waals surface area contributed by atoms with Gasteiger partial charge in [0.25, 0.3) is 0 Å². The molecule has 66 valence electrons. The first-order valence-corrected chi connectivity index (χ1v) is 4.14. The van der Waals surface area contributed by atoms with E-state index in [1.165, 1.54) is 0 Å². The third-order valence-corrected chi connectivity index (χ3v) is 2.11. The lowest BCUT2D eigenvalue weighted by atomic mass is 10.1. The Morgan fingerprint density at radius 2 is 2.08 bits per heavy atom. The molecule has 0 aliphatic rings. The van der Waals surface area contributed by atoms with E-state index in [1.807, 2.05) is 31.3 Å². The van der Waals surface area contributed by atoms with Crippen LogP contribution in [-0.2, 0) is 0 Å². The molecule has 0 amide bonds. The quantitative estimate of drug-likeness (QED) is 0.692. The summed E-state index contributed by atoms with van der Waals surface area (Å²) in [4.78, 5) is 4.03. The molecule has 0 radical (unpaired) electrons. The molecular formula is C10H11N3. The van der Waals surface area contributed by atoms with E-state index in [1.54, 1.807) is 6.20 Å². The predicted octanol–water partition coefficient (Wildman–Crippen LogP) is 1.86. The summed E-state index contributed by atoms with van der Waals surface area (Å²) in [5.41, 5.74) is 6.82. The molecule has 0 fully saturated rings. The van der Waals surface area contributed by atoms with Gasteiger partial charge >= 0.3 is 0 Å². The summed E-state index contributed by atoms with van der Waals surface area (Å²) in [6, 6.07) is 7.91. The van der Waals surface area contributed by atoms with Crippen molar-refractivity contribution in [3.05, 3.63) is 30.5 Å². The van der Waals surface area contributed by atoms with Gasteiger partial charge in [0.15, 0.2) is 0 Å². The zero-order valence-corrected chi connectivity index (χ0v) is 7.41. The van der Waals surface area contributed by atoms with Crippen molar-refractivity contribution in [1.82, 2.24) is 4.98 Å². The van der Waals surface area contributed by atoms with Crippen LogP contribution in [0.25, 0.3) is 10.8 Å². The Balaban J connectivity index is 2.84. The van der Waals surface area contributed by atoms with E-state index < -0.39 is 0 Å². The highest BCUT2D eigenvalue weighted by molar-refractivity contribution is 5.99. The Labute approximate surface area is 76.6 Å². The minimum Gasteiger partial charge on any atom is -0.388 e. The van der Waals surface area contributed by atoms with Crippen molar-refractivity contribution in [2.45, 2.75) is 0 Å². The van der Waals surface area contributed by atoms with Gasteiger partial charge in [0.05, 0.1) is 0 Å². The number of nitrogens with zero attached hydrogens (tertiary/aromatic N) is 1. The molecule has 1 heterocycles. The average molecular weight is 173 g/mol. The van der Waals surface area contributed by atoms with E-state index in [-0.39, 0.29) is 0 Å². The fourth-order valence-corrected chi connectivity index (χ4v) is 1.45. The Hall–Kier alpha value is -1.77. The SMILES string of the molecule is CNc1cccc2c(N)nccc12. The molecule has 0 unspecified atom stereocenters. The molecule has 3 nitrogen and oxygen atoms in total. The number of hydrogen-bond acceptors (Lipinski definition) is 3. The van der Waals surface area contributed by atoms with Gasteiger partial charge in [-0.2, -0.15) is 0 Å². The van der Waals surface area contributed by atoms with Crippen LogP contribution < -0.4 is 11.1 Å². The molecular weight excluding hydrogens is 162 g/mol. The number of anilines is 2. The van der Waals surface area contributed by atoms with Crippen LogP contribution in [0.1, 0.15) is 0 Å². The van der Waals surface area contributed by atoms with Gasteiger partial charge in [0.2, 0.25) is 0 Å². The highest BCUT2D eigenvalue weighted by Gasteiger charge is 2.00. The van der Waals surface area contributed by atoms with E-state index in [2.05, 4.69) is 10.3 Å². The van der Waals surface area contributed by atoms with Crippen LogP contribution >= 0.6 is 0 Å². The molecule has 13 heavy (non-hydrogen) atoms. The number of rotatable bonds is 1. The minimum absolute atomic E-state index is 0.578. The molecule has 0 spiro atoms. The summed E-state index contributed by atoms with van der Waals surface area (Å²) in [6.45, 7) is 0. The van der Waals surface area contributed by atoms with Crippen molar-refractivity contribution in [2.75, 3.05) is 18.1 Å². The standard InChI is InChI=1S/C10H11N3/c1-12-9-4-2-3-8-7(9)5-6-13-10(8)11/h2-6,12H,1H3,(H2,11,13). The monoisotopic (exact) mass is 173 g/mol. The average Bonchev–Trinajstić information content (AvgIpc) is 2.18. The van der Waals surface area contributed by atoms with Crippen molar-refractivity contribution in [2.24, 2.45) is 0 Å². The van der Waals surface area contributed by atoms with Gasteiger partial charge in [-0.25, -0.2) is 4.98 Å². The number of hydrogen-bond donors (Lipinski definition) is 2. The summed E-state index contributed by atoms with van der Waals surface area (Å²) in [7, 11) is 1.89. The van der Waals surface area contributed by atoms with Crippen molar-refractivity contribution >= 4 is 22.3 Å². The molecule has 0 aliphatic heterocycles. The van der Waals surface area contributed by atoms with Gasteiger partial charge in [-0.05, 0) is 12.1 Å². The second-order valence-corrected chi connectivity index (χ2v) is 2.85. The van der Waals surface area contributed by atoms with Gasteiger partial charge < -0.3 is 11.1 Å². The predicted molar refractivity (Wildman–Crippen MR) is 55.7 cm³/mol. The third kappa shape index (κ3) is 1.18. The number of pyridine rings is 1. The largest absolute Gasteiger partial charge is 0.388 e. The van der Waals surface area contributed by atoms with Crippen LogP contribution in [0.15, 0.2) is 30.5 Å². The maximum Gasteiger partial charge on any atom is 0.131 e. The lowest BCUT2D eigenvalue weighted by Gasteiger charge is -2.06. The van der Waals surface area contributed by atoms with E-state index in [0.29, 0.717) is 5.82 Å². The number of fused-ring (bicyclic) bond motifs is 1. The Morgan fingerprint density at radius 1 is 1.23 bits per heavy atom. The Bertz CT molecular complexity index is 437. The number of benzene rings is 1. The third-order valence-electron chi connectivity index (χ3n) is 2.11. The first kappa shape index (κ1) is 7.86. The summed E-state index contributed by atoms with van der Waals surface area (Å²) in [5, 5.41) is 5.22. The van der Waals surface area contributed by atoms with Gasteiger partial charge in [0.1, 0.15) is 5.82 Å². The molecule has 3 N–H and O–H groups in total. The van der Waals surface area contributed by atoms with E-state index in [9.17, 15) is 0 Å². The summed E-state index contributed by atoms with van der Waals surface area (Å²) in [5.74, 6) is 0.578. The minimum atomic E-state index is 0.578. The molecule has 0 saturated heterocycles. The van der Waals surface area contributed by atoms with Crippen LogP contribution in [-0.4, -0.2) is 12.0 Å². The lowest BCUT2D eigenvalue weighted by molar-refractivity contribution is 1.37. The first-order chi connectivity index (χ1) is 6.33. The molecule has 0 aliphatic carbocycles. The topological polar surface area (TPSA) is 50.9 Å². The number of nitrogens with one attached hydrogen (secondary N) is 1. The maximum atomic E-state index is 5.74. The van der Waals surface area contributed by atoms with Crippen LogP contribution in [0.3, 0.4) is 0 Å². The molecule has 3 heteroatoms. The molecule has 1 aromatic carbocycles. The smallest absolute Gasteiger partial charge is 0.131 e. The fourth-order valence-electron chi connectivity index (χ4n) is 1.45. The van der Waals surface area contributed by atoms with Crippen LogP contribution in [0, 0.1) is 0 Å². The van der Waals surface area contributed by atoms with Gasteiger partial charge in [-0.3, -0.25) is 0 Å². The number of nitrogens with two attached hydrogens (primary N) is 1. The highest BCUT2D eigenvalue weighted by atomic mass is 14.8. The molecule has 2 rings (SSSR count). The summed E-state index contributed by atoms with van der Waals surface area (Å²) >= 11 is 0. The van der Waals surface area contributed by atoms with E-state index in [4.69, 9.17) is 5.73 Å². The Morgan fingerprint density at radius 3 is 2.85 bits per heavy atom. The van der Waals surface area contributed by atoms with Crippen molar-refractivity contribution < 1.29 is 0 Å². The summed E-state index contributed by atoms with van der Waals surface area (Å²) in [6.07, 6.45) is 1.72. The molecule has 1 aromatic heterocycles. The van der Waals surface area contributed by atoms with Gasteiger partial charge in [-0.1, -0.05) is 12.1 Å². The summed E-state index contributed by atoms with van der Waals surface area (Å²) < 4.78 is 0.